The summed E-state index contributed by atoms with van der Waals surface area (Å²) < 4.78 is 28.7. The van der Waals surface area contributed by atoms with Crippen LogP contribution < -0.4 is 10.5 Å². The standard InChI is InChI=1S/C19H26F2N2O2/c1-23(11-12-5-7-16(8-6-12)25-19(20)21)18(24)15-9-13-3-2-4-14(10-15)17(13)22/h5-8,13-15,17,19H,2-4,9-11,22H2,1H3. The van der Waals surface area contributed by atoms with Crippen molar-refractivity contribution in [1.29, 1.82) is 0 Å². The van der Waals surface area contributed by atoms with Crippen LogP contribution in [-0.2, 0) is 11.3 Å². The molecule has 25 heavy (non-hydrogen) atoms. The predicted molar refractivity (Wildman–Crippen MR) is 91.1 cm³/mol. The van der Waals surface area contributed by atoms with E-state index in [0.29, 0.717) is 18.4 Å². The lowest BCUT2D eigenvalue weighted by Crippen LogP contribution is -2.49. The highest BCUT2D eigenvalue weighted by atomic mass is 19.3. The average molecular weight is 352 g/mol. The highest BCUT2D eigenvalue weighted by Crippen LogP contribution is 2.42. The van der Waals surface area contributed by atoms with E-state index in [0.717, 1.165) is 31.2 Å². The minimum atomic E-state index is -2.83. The summed E-state index contributed by atoms with van der Waals surface area (Å²) in [6, 6.07) is 6.69. The van der Waals surface area contributed by atoms with E-state index in [4.69, 9.17) is 5.73 Å². The number of carbonyl (C=O) groups excluding carboxylic acids is 1. The van der Waals surface area contributed by atoms with Crippen molar-refractivity contribution in [2.45, 2.75) is 51.3 Å². The molecule has 1 amide bonds. The van der Waals surface area contributed by atoms with Gasteiger partial charge < -0.3 is 15.4 Å². The Morgan fingerprint density at radius 3 is 2.40 bits per heavy atom. The summed E-state index contributed by atoms with van der Waals surface area (Å²) in [5, 5.41) is 0. The first kappa shape index (κ1) is 18.1. The molecular formula is C19H26F2N2O2. The van der Waals surface area contributed by atoms with Crippen molar-refractivity contribution < 1.29 is 18.3 Å². The summed E-state index contributed by atoms with van der Waals surface area (Å²) in [5.41, 5.74) is 7.20. The maximum atomic E-state index is 12.8. The van der Waals surface area contributed by atoms with Gasteiger partial charge in [-0.3, -0.25) is 4.79 Å². The molecule has 0 saturated heterocycles. The maximum absolute atomic E-state index is 12.8. The molecule has 0 heterocycles. The second-order valence-electron chi connectivity index (χ2n) is 7.41. The molecule has 2 saturated carbocycles. The van der Waals surface area contributed by atoms with Crippen molar-refractivity contribution in [3.63, 3.8) is 0 Å². The number of ether oxygens (including phenoxy) is 1. The molecule has 2 unspecified atom stereocenters. The van der Waals surface area contributed by atoms with Crippen LogP contribution in [0.4, 0.5) is 8.78 Å². The van der Waals surface area contributed by atoms with Crippen LogP contribution >= 0.6 is 0 Å². The van der Waals surface area contributed by atoms with Crippen molar-refractivity contribution >= 4 is 5.91 Å². The summed E-state index contributed by atoms with van der Waals surface area (Å²) in [4.78, 5) is 14.6. The molecule has 1 aromatic carbocycles. The molecular weight excluding hydrogens is 326 g/mol. The molecule has 2 atom stereocenters. The lowest BCUT2D eigenvalue weighted by atomic mass is 9.65. The van der Waals surface area contributed by atoms with Crippen molar-refractivity contribution in [2.75, 3.05) is 7.05 Å². The van der Waals surface area contributed by atoms with E-state index in [9.17, 15) is 13.6 Å². The zero-order valence-corrected chi connectivity index (χ0v) is 14.5. The van der Waals surface area contributed by atoms with Gasteiger partial charge in [-0.2, -0.15) is 8.78 Å². The Balaban J connectivity index is 1.57. The van der Waals surface area contributed by atoms with E-state index < -0.39 is 6.61 Å². The number of benzene rings is 1. The smallest absolute Gasteiger partial charge is 0.387 e. The van der Waals surface area contributed by atoms with Crippen LogP contribution in [0.15, 0.2) is 24.3 Å². The summed E-state index contributed by atoms with van der Waals surface area (Å²) in [5.74, 6) is 1.29. The number of nitrogens with two attached hydrogens (primary N) is 1. The molecule has 0 radical (unpaired) electrons. The fourth-order valence-electron chi connectivity index (χ4n) is 4.43. The maximum Gasteiger partial charge on any atom is 0.387 e. The fourth-order valence-corrected chi connectivity index (χ4v) is 4.43. The van der Waals surface area contributed by atoms with Crippen LogP contribution in [0, 0.1) is 17.8 Å². The lowest BCUT2D eigenvalue weighted by Gasteiger charge is -2.44. The third kappa shape index (κ3) is 4.29. The Morgan fingerprint density at radius 2 is 1.84 bits per heavy atom. The first-order valence-corrected chi connectivity index (χ1v) is 8.98. The third-order valence-corrected chi connectivity index (χ3v) is 5.71. The molecule has 2 aliphatic carbocycles. The molecule has 4 nitrogen and oxygen atoms in total. The second-order valence-corrected chi connectivity index (χ2v) is 7.41. The average Bonchev–Trinajstić information content (AvgIpc) is 2.55. The van der Waals surface area contributed by atoms with Crippen LogP contribution in [-0.4, -0.2) is 30.5 Å². The van der Waals surface area contributed by atoms with Crippen LogP contribution in [0.3, 0.4) is 0 Å². The van der Waals surface area contributed by atoms with E-state index in [-0.39, 0.29) is 23.6 Å². The molecule has 0 aliphatic heterocycles. The number of hydrogen-bond donors (Lipinski definition) is 1. The van der Waals surface area contributed by atoms with Gasteiger partial charge in [0.15, 0.2) is 0 Å². The van der Waals surface area contributed by atoms with Gasteiger partial charge in [-0.05, 0) is 55.2 Å². The number of halogens is 2. The molecule has 2 aliphatic rings. The molecule has 3 rings (SSSR count). The second kappa shape index (κ2) is 7.68. The van der Waals surface area contributed by atoms with Crippen molar-refractivity contribution in [1.82, 2.24) is 4.90 Å². The zero-order valence-electron chi connectivity index (χ0n) is 14.5. The molecule has 0 spiro atoms. The van der Waals surface area contributed by atoms with Gasteiger partial charge in [0.05, 0.1) is 0 Å². The Labute approximate surface area is 147 Å². The topological polar surface area (TPSA) is 55.6 Å². The van der Waals surface area contributed by atoms with Crippen molar-refractivity contribution in [2.24, 2.45) is 23.5 Å². The highest BCUT2D eigenvalue weighted by molar-refractivity contribution is 5.78. The van der Waals surface area contributed by atoms with Crippen LogP contribution in [0.1, 0.15) is 37.7 Å². The van der Waals surface area contributed by atoms with Gasteiger partial charge in [-0.15, -0.1) is 0 Å². The largest absolute Gasteiger partial charge is 0.435 e. The highest BCUT2D eigenvalue weighted by Gasteiger charge is 2.41. The van der Waals surface area contributed by atoms with Gasteiger partial charge in [0, 0.05) is 25.6 Å². The van der Waals surface area contributed by atoms with Crippen LogP contribution in [0.2, 0.25) is 0 Å². The molecule has 0 aromatic heterocycles. The quantitative estimate of drug-likeness (QED) is 0.884. The van der Waals surface area contributed by atoms with Crippen molar-refractivity contribution in [3.05, 3.63) is 29.8 Å². The lowest BCUT2D eigenvalue weighted by molar-refractivity contribution is -0.137. The Bertz CT molecular complexity index is 580. The molecule has 2 N–H and O–H groups in total. The van der Waals surface area contributed by atoms with E-state index in [2.05, 4.69) is 4.74 Å². The van der Waals surface area contributed by atoms with Crippen LogP contribution in [0.5, 0.6) is 5.75 Å². The van der Waals surface area contributed by atoms with E-state index in [1.807, 2.05) is 0 Å². The van der Waals surface area contributed by atoms with Gasteiger partial charge >= 0.3 is 6.61 Å². The van der Waals surface area contributed by atoms with Gasteiger partial charge in [0.2, 0.25) is 5.91 Å². The Morgan fingerprint density at radius 1 is 1.24 bits per heavy atom. The van der Waals surface area contributed by atoms with Crippen molar-refractivity contribution in [3.8, 4) is 5.75 Å². The minimum absolute atomic E-state index is 0.0570. The number of alkyl halides is 2. The minimum Gasteiger partial charge on any atom is -0.435 e. The summed E-state index contributed by atoms with van der Waals surface area (Å²) in [6.07, 6.45) is 5.28. The normalized spacial score (nSPS) is 28.7. The molecule has 1 aromatic rings. The van der Waals surface area contributed by atoms with Gasteiger partial charge in [0.25, 0.3) is 0 Å². The first-order chi connectivity index (χ1) is 11.9. The van der Waals surface area contributed by atoms with E-state index >= 15 is 0 Å². The SMILES string of the molecule is CN(Cc1ccc(OC(F)F)cc1)C(=O)C1CC2CCCC(C1)C2N. The molecule has 138 valence electrons. The summed E-state index contributed by atoms with van der Waals surface area (Å²) in [6.45, 7) is -2.36. The van der Waals surface area contributed by atoms with Crippen LogP contribution in [0.25, 0.3) is 0 Å². The number of rotatable bonds is 5. The summed E-state index contributed by atoms with van der Waals surface area (Å²) >= 11 is 0. The van der Waals surface area contributed by atoms with E-state index in [1.165, 1.54) is 18.6 Å². The number of hydrogen-bond acceptors (Lipinski definition) is 3. The predicted octanol–water partition coefficient (Wildman–Crippen LogP) is 3.40. The number of fused-ring (bicyclic) bond motifs is 2. The monoisotopic (exact) mass is 352 g/mol. The van der Waals surface area contributed by atoms with Gasteiger partial charge in [0.1, 0.15) is 5.75 Å². The summed E-state index contributed by atoms with van der Waals surface area (Å²) in [7, 11) is 1.80. The molecule has 6 heteroatoms. The zero-order chi connectivity index (χ0) is 18.0. The molecule has 2 fully saturated rings. The Hall–Kier alpha value is -1.69. The first-order valence-electron chi connectivity index (χ1n) is 8.98. The Kier molecular flexibility index (Phi) is 5.57. The molecule has 2 bridgehead atoms. The van der Waals surface area contributed by atoms with Gasteiger partial charge in [-0.25, -0.2) is 0 Å². The third-order valence-electron chi connectivity index (χ3n) is 5.71. The van der Waals surface area contributed by atoms with Gasteiger partial charge in [-0.1, -0.05) is 18.6 Å². The number of carbonyl (C=O) groups is 1. The number of amides is 1. The van der Waals surface area contributed by atoms with E-state index in [1.54, 1.807) is 24.1 Å². The number of nitrogens with zero attached hydrogens (tertiary/aromatic N) is 1. The fraction of sp³-hybridized carbons (Fsp3) is 0.632.